The van der Waals surface area contributed by atoms with Crippen molar-refractivity contribution < 1.29 is 8.42 Å². The first kappa shape index (κ1) is 18.5. The van der Waals surface area contributed by atoms with Crippen molar-refractivity contribution in [1.29, 1.82) is 0 Å². The van der Waals surface area contributed by atoms with Gasteiger partial charge in [-0.25, -0.2) is 12.7 Å². The second-order valence-electron chi connectivity index (χ2n) is 8.68. The van der Waals surface area contributed by atoms with Gasteiger partial charge in [0.1, 0.15) is 0 Å². The zero-order valence-electron chi connectivity index (χ0n) is 15.9. The fourth-order valence-corrected chi connectivity index (χ4v) is 6.80. The van der Waals surface area contributed by atoms with Crippen LogP contribution in [0.15, 0.2) is 24.3 Å². The van der Waals surface area contributed by atoms with Gasteiger partial charge in [-0.05, 0) is 37.7 Å². The van der Waals surface area contributed by atoms with Crippen molar-refractivity contribution in [1.82, 2.24) is 9.21 Å². The quantitative estimate of drug-likeness (QED) is 0.791. The standard InChI is InChI=1S/C21H32N2O2S/c1-17-6-5-9-19(12-17)16-26(24,25)23-11-10-21-20(15-23)14-22(21)13-18-7-3-2-4-8-18/h5-6,9,12,18,20-21H,2-4,7-8,10-11,13-16H2,1H3. The average Bonchev–Trinajstić information content (AvgIpc) is 2.60. The monoisotopic (exact) mass is 376 g/mol. The summed E-state index contributed by atoms with van der Waals surface area (Å²) < 4.78 is 27.5. The Bertz CT molecular complexity index is 727. The molecule has 1 aromatic carbocycles. The molecule has 1 saturated carbocycles. The highest BCUT2D eigenvalue weighted by molar-refractivity contribution is 7.88. The van der Waals surface area contributed by atoms with Gasteiger partial charge >= 0.3 is 0 Å². The molecule has 0 N–H and O–H groups in total. The van der Waals surface area contributed by atoms with Crippen molar-refractivity contribution in [3.05, 3.63) is 35.4 Å². The van der Waals surface area contributed by atoms with E-state index in [9.17, 15) is 8.42 Å². The summed E-state index contributed by atoms with van der Waals surface area (Å²) in [6.07, 6.45) is 8.01. The molecule has 3 fully saturated rings. The molecule has 0 bridgehead atoms. The maximum atomic E-state index is 12.9. The summed E-state index contributed by atoms with van der Waals surface area (Å²) in [5.74, 6) is 1.56. The number of piperidine rings is 1. The lowest BCUT2D eigenvalue weighted by Gasteiger charge is -2.54. The van der Waals surface area contributed by atoms with Crippen molar-refractivity contribution in [2.75, 3.05) is 26.2 Å². The van der Waals surface area contributed by atoms with Crippen molar-refractivity contribution in [2.24, 2.45) is 11.8 Å². The van der Waals surface area contributed by atoms with Crippen molar-refractivity contribution in [3.8, 4) is 0 Å². The Morgan fingerprint density at radius 2 is 1.88 bits per heavy atom. The Morgan fingerprint density at radius 1 is 1.08 bits per heavy atom. The number of nitrogens with zero attached hydrogens (tertiary/aromatic N) is 2. The fraction of sp³-hybridized carbons (Fsp3) is 0.714. The van der Waals surface area contributed by atoms with Gasteiger partial charge in [0.2, 0.25) is 10.0 Å². The second-order valence-corrected chi connectivity index (χ2v) is 10.6. The van der Waals surface area contributed by atoms with E-state index < -0.39 is 10.0 Å². The lowest BCUT2D eigenvalue weighted by atomic mass is 9.81. The highest BCUT2D eigenvalue weighted by Gasteiger charge is 2.45. The third-order valence-corrected chi connectivity index (χ3v) is 8.45. The molecule has 0 spiro atoms. The molecule has 2 unspecified atom stereocenters. The minimum atomic E-state index is -3.21. The Morgan fingerprint density at radius 3 is 2.62 bits per heavy atom. The molecular weight excluding hydrogens is 344 g/mol. The SMILES string of the molecule is Cc1cccc(CS(=O)(=O)N2CCC3C(CN3CC3CCCCC3)C2)c1. The number of likely N-dealkylation sites (tertiary alicyclic amines) is 1. The van der Waals surface area contributed by atoms with E-state index in [2.05, 4.69) is 4.90 Å². The highest BCUT2D eigenvalue weighted by Crippen LogP contribution is 2.36. The minimum absolute atomic E-state index is 0.137. The molecule has 2 heterocycles. The summed E-state index contributed by atoms with van der Waals surface area (Å²) in [6.45, 7) is 5.77. The Hall–Kier alpha value is -0.910. The predicted octanol–water partition coefficient (Wildman–Crippen LogP) is 3.41. The number of fused-ring (bicyclic) bond motifs is 1. The van der Waals surface area contributed by atoms with Crippen molar-refractivity contribution in [3.63, 3.8) is 0 Å². The zero-order valence-corrected chi connectivity index (χ0v) is 16.8. The average molecular weight is 377 g/mol. The number of rotatable bonds is 5. The third-order valence-electron chi connectivity index (χ3n) is 6.64. The van der Waals surface area contributed by atoms with E-state index >= 15 is 0 Å². The van der Waals surface area contributed by atoms with Gasteiger partial charge in [0.15, 0.2) is 0 Å². The summed E-state index contributed by atoms with van der Waals surface area (Å²) in [6, 6.07) is 8.49. The molecule has 144 valence electrons. The van der Waals surface area contributed by atoms with E-state index in [-0.39, 0.29) is 5.75 Å². The summed E-state index contributed by atoms with van der Waals surface area (Å²) >= 11 is 0. The normalized spacial score (nSPS) is 28.5. The summed E-state index contributed by atoms with van der Waals surface area (Å²) in [5.41, 5.74) is 2.02. The maximum Gasteiger partial charge on any atom is 0.218 e. The second kappa shape index (κ2) is 7.61. The number of hydrogen-bond acceptors (Lipinski definition) is 3. The largest absolute Gasteiger partial charge is 0.299 e. The summed E-state index contributed by atoms with van der Waals surface area (Å²) in [7, 11) is -3.21. The molecule has 2 aliphatic heterocycles. The molecule has 5 heteroatoms. The molecule has 2 saturated heterocycles. The zero-order chi connectivity index (χ0) is 18.1. The van der Waals surface area contributed by atoms with Gasteiger partial charge in [0.05, 0.1) is 5.75 Å². The van der Waals surface area contributed by atoms with Crippen LogP contribution in [0.25, 0.3) is 0 Å². The van der Waals surface area contributed by atoms with Gasteiger partial charge in [0, 0.05) is 38.1 Å². The lowest BCUT2D eigenvalue weighted by molar-refractivity contribution is -0.0370. The fourth-order valence-electron chi connectivity index (χ4n) is 5.21. The van der Waals surface area contributed by atoms with Gasteiger partial charge in [-0.1, -0.05) is 49.1 Å². The van der Waals surface area contributed by atoms with E-state index in [0.29, 0.717) is 18.5 Å². The smallest absolute Gasteiger partial charge is 0.218 e. The molecule has 0 amide bonds. The first-order chi connectivity index (χ1) is 12.5. The van der Waals surface area contributed by atoms with Crippen LogP contribution in [0.2, 0.25) is 0 Å². The van der Waals surface area contributed by atoms with E-state index in [0.717, 1.165) is 36.6 Å². The maximum absolute atomic E-state index is 12.9. The van der Waals surface area contributed by atoms with Crippen LogP contribution in [-0.4, -0.2) is 49.8 Å². The Balaban J connectivity index is 1.31. The number of aryl methyl sites for hydroxylation is 1. The summed E-state index contributed by atoms with van der Waals surface area (Å²) in [4.78, 5) is 2.64. The number of hydrogen-bond donors (Lipinski definition) is 0. The van der Waals surface area contributed by atoms with E-state index in [1.54, 1.807) is 4.31 Å². The van der Waals surface area contributed by atoms with Crippen LogP contribution in [0.3, 0.4) is 0 Å². The minimum Gasteiger partial charge on any atom is -0.299 e. The van der Waals surface area contributed by atoms with Crippen LogP contribution in [0.4, 0.5) is 0 Å². The molecule has 2 atom stereocenters. The molecule has 0 radical (unpaired) electrons. The van der Waals surface area contributed by atoms with Crippen LogP contribution in [0.5, 0.6) is 0 Å². The molecule has 0 aromatic heterocycles. The van der Waals surface area contributed by atoms with Crippen LogP contribution < -0.4 is 0 Å². The van der Waals surface area contributed by atoms with Crippen LogP contribution in [-0.2, 0) is 15.8 Å². The molecule has 26 heavy (non-hydrogen) atoms. The van der Waals surface area contributed by atoms with E-state index in [1.807, 2.05) is 31.2 Å². The molecule has 3 aliphatic rings. The lowest BCUT2D eigenvalue weighted by Crippen LogP contribution is -2.64. The number of sulfonamides is 1. The van der Waals surface area contributed by atoms with Gasteiger partial charge in [-0.2, -0.15) is 0 Å². The first-order valence-electron chi connectivity index (χ1n) is 10.3. The van der Waals surface area contributed by atoms with Gasteiger partial charge in [0.25, 0.3) is 0 Å². The Labute approximate surface area is 158 Å². The molecule has 4 rings (SSSR count). The van der Waals surface area contributed by atoms with Crippen LogP contribution in [0, 0.1) is 18.8 Å². The molecule has 1 aromatic rings. The Kier molecular flexibility index (Phi) is 5.40. The van der Waals surface area contributed by atoms with E-state index in [1.165, 1.54) is 38.6 Å². The van der Waals surface area contributed by atoms with Gasteiger partial charge < -0.3 is 0 Å². The van der Waals surface area contributed by atoms with Crippen molar-refractivity contribution >= 4 is 10.0 Å². The van der Waals surface area contributed by atoms with Crippen molar-refractivity contribution in [2.45, 2.75) is 57.2 Å². The summed E-state index contributed by atoms with van der Waals surface area (Å²) in [5, 5.41) is 0. The van der Waals surface area contributed by atoms with Gasteiger partial charge in [-0.3, -0.25) is 4.90 Å². The highest BCUT2D eigenvalue weighted by atomic mass is 32.2. The first-order valence-corrected chi connectivity index (χ1v) is 11.9. The number of benzene rings is 1. The van der Waals surface area contributed by atoms with Crippen LogP contribution >= 0.6 is 0 Å². The molecule has 1 aliphatic carbocycles. The van der Waals surface area contributed by atoms with Gasteiger partial charge in [-0.15, -0.1) is 0 Å². The predicted molar refractivity (Wildman–Crippen MR) is 105 cm³/mol. The molecule has 4 nitrogen and oxygen atoms in total. The molecular formula is C21H32N2O2S. The van der Waals surface area contributed by atoms with Crippen LogP contribution in [0.1, 0.15) is 49.7 Å². The third kappa shape index (κ3) is 4.00. The topological polar surface area (TPSA) is 40.6 Å². The van der Waals surface area contributed by atoms with E-state index in [4.69, 9.17) is 0 Å².